The van der Waals surface area contributed by atoms with E-state index in [1.165, 1.54) is 11.1 Å². The Bertz CT molecular complexity index is 882. The summed E-state index contributed by atoms with van der Waals surface area (Å²) >= 11 is 6.14. The maximum absolute atomic E-state index is 12.4. The third kappa shape index (κ3) is 4.51. The zero-order chi connectivity index (χ0) is 20.1. The quantitative estimate of drug-likeness (QED) is 0.753. The highest BCUT2D eigenvalue weighted by atomic mass is 35.5. The number of nitrogens with zero attached hydrogens (tertiary/aromatic N) is 3. The van der Waals surface area contributed by atoms with Gasteiger partial charge >= 0.3 is 0 Å². The molecule has 1 aromatic carbocycles. The number of likely N-dealkylation sites (N-methyl/N-ethyl adjacent to an activating group) is 1. The van der Waals surface area contributed by atoms with Gasteiger partial charge in [0.05, 0.1) is 24.8 Å². The second kappa shape index (κ2) is 8.88. The second-order valence-electron chi connectivity index (χ2n) is 6.56. The molecule has 1 atom stereocenters. The van der Waals surface area contributed by atoms with Crippen molar-refractivity contribution < 1.29 is 14.4 Å². The Balaban J connectivity index is 1.55. The van der Waals surface area contributed by atoms with Gasteiger partial charge in [-0.3, -0.25) is 19.1 Å². The molecular formula is C19H22ClN5O3. The van der Waals surface area contributed by atoms with Crippen LogP contribution in [-0.4, -0.2) is 58.6 Å². The molecule has 0 bridgehead atoms. The Kier molecular flexibility index (Phi) is 6.30. The topological polar surface area (TPSA) is 96.3 Å². The molecule has 0 aliphatic carbocycles. The molecule has 3 amide bonds. The minimum absolute atomic E-state index is 0.165. The van der Waals surface area contributed by atoms with Gasteiger partial charge < -0.3 is 15.5 Å². The first-order valence-electron chi connectivity index (χ1n) is 9.04. The summed E-state index contributed by atoms with van der Waals surface area (Å²) in [4.78, 5) is 38.1. The van der Waals surface area contributed by atoms with Crippen LogP contribution in [0, 0.1) is 0 Å². The van der Waals surface area contributed by atoms with E-state index in [1.54, 1.807) is 24.0 Å². The fourth-order valence-corrected chi connectivity index (χ4v) is 3.43. The lowest BCUT2D eigenvalue weighted by molar-refractivity contribution is -0.137. The van der Waals surface area contributed by atoms with Crippen molar-refractivity contribution in [1.82, 2.24) is 25.3 Å². The van der Waals surface area contributed by atoms with Gasteiger partial charge in [0.1, 0.15) is 6.04 Å². The van der Waals surface area contributed by atoms with Crippen LogP contribution in [0.5, 0.6) is 0 Å². The van der Waals surface area contributed by atoms with Crippen molar-refractivity contribution in [2.24, 2.45) is 0 Å². The highest BCUT2D eigenvalue weighted by Gasteiger charge is 2.33. The van der Waals surface area contributed by atoms with Gasteiger partial charge in [-0.05, 0) is 24.5 Å². The highest BCUT2D eigenvalue weighted by molar-refractivity contribution is 6.31. The number of hydrogen-bond acceptors (Lipinski definition) is 4. The maximum Gasteiger partial charge on any atom is 0.254 e. The first-order valence-corrected chi connectivity index (χ1v) is 9.42. The van der Waals surface area contributed by atoms with Crippen molar-refractivity contribution in [3.63, 3.8) is 0 Å². The van der Waals surface area contributed by atoms with Gasteiger partial charge in [-0.15, -0.1) is 0 Å². The third-order valence-corrected chi connectivity index (χ3v) is 5.08. The van der Waals surface area contributed by atoms with Crippen molar-refractivity contribution >= 4 is 29.3 Å². The number of hydrogen-bond donors (Lipinski definition) is 2. The molecule has 8 nitrogen and oxygen atoms in total. The molecule has 1 fully saturated rings. The summed E-state index contributed by atoms with van der Waals surface area (Å²) in [7, 11) is 1.55. The van der Waals surface area contributed by atoms with Crippen LogP contribution in [0.1, 0.15) is 28.8 Å². The van der Waals surface area contributed by atoms with Crippen LogP contribution in [0.2, 0.25) is 5.02 Å². The number of likely N-dealkylation sites (tertiary alicyclic amines) is 1. The Morgan fingerprint density at radius 3 is 2.82 bits per heavy atom. The predicted molar refractivity (Wildman–Crippen MR) is 104 cm³/mol. The van der Waals surface area contributed by atoms with E-state index in [1.807, 2.05) is 18.2 Å². The van der Waals surface area contributed by atoms with Crippen molar-refractivity contribution in [2.45, 2.75) is 25.4 Å². The van der Waals surface area contributed by atoms with E-state index in [-0.39, 0.29) is 18.4 Å². The molecule has 2 N–H and O–H groups in total. The van der Waals surface area contributed by atoms with E-state index in [9.17, 15) is 14.4 Å². The molecule has 1 aliphatic rings. The summed E-state index contributed by atoms with van der Waals surface area (Å²) in [6.07, 6.45) is 4.45. The molecule has 1 aliphatic heterocycles. The standard InChI is InChI=1S/C19H22ClN5O3/c1-21-19(28)16-7-4-8-25(16)17(26)10-22-18(27)14-9-23-24(12-14)11-13-5-2-3-6-15(13)20/h2-3,5-6,9,12,16H,4,7-8,10-11H2,1H3,(H,21,28)(H,22,27). The van der Waals surface area contributed by atoms with Gasteiger partial charge in [0.2, 0.25) is 11.8 Å². The lowest BCUT2D eigenvalue weighted by atomic mass is 10.2. The molecule has 148 valence electrons. The maximum atomic E-state index is 12.4. The fourth-order valence-electron chi connectivity index (χ4n) is 3.23. The van der Waals surface area contributed by atoms with Crippen LogP contribution in [-0.2, 0) is 16.1 Å². The first-order chi connectivity index (χ1) is 13.5. The second-order valence-corrected chi connectivity index (χ2v) is 6.97. The molecule has 1 aromatic heterocycles. The van der Waals surface area contributed by atoms with Gasteiger partial charge in [0.25, 0.3) is 5.91 Å². The molecule has 1 saturated heterocycles. The number of aromatic nitrogens is 2. The van der Waals surface area contributed by atoms with Crippen molar-refractivity contribution in [2.75, 3.05) is 20.1 Å². The Morgan fingerprint density at radius 1 is 1.29 bits per heavy atom. The molecule has 0 saturated carbocycles. The molecule has 0 spiro atoms. The Morgan fingerprint density at radius 2 is 2.07 bits per heavy atom. The van der Waals surface area contributed by atoms with Crippen LogP contribution in [0.25, 0.3) is 0 Å². The molecule has 3 rings (SSSR count). The average molecular weight is 404 g/mol. The lowest BCUT2D eigenvalue weighted by Gasteiger charge is -2.23. The summed E-state index contributed by atoms with van der Waals surface area (Å²) in [5.74, 6) is -0.851. The van der Waals surface area contributed by atoms with Gasteiger partial charge in [-0.2, -0.15) is 5.10 Å². The van der Waals surface area contributed by atoms with E-state index >= 15 is 0 Å². The van der Waals surface area contributed by atoms with E-state index in [4.69, 9.17) is 11.6 Å². The largest absolute Gasteiger partial charge is 0.357 e. The van der Waals surface area contributed by atoms with Gasteiger partial charge in [-0.1, -0.05) is 29.8 Å². The van der Waals surface area contributed by atoms with E-state index in [0.29, 0.717) is 30.1 Å². The molecular weight excluding hydrogens is 382 g/mol. The number of amides is 3. The zero-order valence-electron chi connectivity index (χ0n) is 15.5. The molecule has 0 radical (unpaired) electrons. The number of rotatable bonds is 6. The summed E-state index contributed by atoms with van der Waals surface area (Å²) in [5, 5.41) is 9.97. The molecule has 9 heteroatoms. The van der Waals surface area contributed by atoms with Gasteiger partial charge in [-0.25, -0.2) is 0 Å². The monoisotopic (exact) mass is 403 g/mol. The Labute approximate surface area is 167 Å². The average Bonchev–Trinajstić information content (AvgIpc) is 3.36. The summed E-state index contributed by atoms with van der Waals surface area (Å²) in [6.45, 7) is 0.790. The van der Waals surface area contributed by atoms with Crippen LogP contribution in [0.3, 0.4) is 0 Å². The summed E-state index contributed by atoms with van der Waals surface area (Å²) in [5.41, 5.74) is 1.24. The van der Waals surface area contributed by atoms with Crippen LogP contribution >= 0.6 is 11.6 Å². The predicted octanol–water partition coefficient (Wildman–Crippen LogP) is 1.05. The SMILES string of the molecule is CNC(=O)C1CCCN1C(=O)CNC(=O)c1cnn(Cc2ccccc2Cl)c1. The number of carbonyl (C=O) groups excluding carboxylic acids is 3. The third-order valence-electron chi connectivity index (χ3n) is 4.71. The lowest BCUT2D eigenvalue weighted by Crippen LogP contribution is -2.48. The van der Waals surface area contributed by atoms with E-state index in [0.717, 1.165) is 12.0 Å². The van der Waals surface area contributed by atoms with Crippen molar-refractivity contribution in [3.8, 4) is 0 Å². The minimum Gasteiger partial charge on any atom is -0.357 e. The smallest absolute Gasteiger partial charge is 0.254 e. The Hall–Kier alpha value is -2.87. The molecule has 1 unspecified atom stereocenters. The zero-order valence-corrected chi connectivity index (χ0v) is 16.3. The van der Waals surface area contributed by atoms with Crippen LogP contribution in [0.4, 0.5) is 0 Å². The number of benzene rings is 1. The molecule has 2 heterocycles. The minimum atomic E-state index is -0.465. The first kappa shape index (κ1) is 19.9. The fraction of sp³-hybridized carbons (Fsp3) is 0.368. The van der Waals surface area contributed by atoms with Crippen LogP contribution in [0.15, 0.2) is 36.7 Å². The number of halogens is 1. The molecule has 2 aromatic rings. The highest BCUT2D eigenvalue weighted by Crippen LogP contribution is 2.18. The van der Waals surface area contributed by atoms with Crippen molar-refractivity contribution in [3.05, 3.63) is 52.8 Å². The summed E-state index contributed by atoms with van der Waals surface area (Å²) in [6, 6.07) is 6.95. The summed E-state index contributed by atoms with van der Waals surface area (Å²) < 4.78 is 1.61. The normalized spacial score (nSPS) is 16.1. The number of carbonyl (C=O) groups is 3. The van der Waals surface area contributed by atoms with Gasteiger partial charge in [0, 0.05) is 24.8 Å². The number of nitrogens with one attached hydrogen (secondary N) is 2. The van der Waals surface area contributed by atoms with E-state index in [2.05, 4.69) is 15.7 Å². The van der Waals surface area contributed by atoms with Crippen molar-refractivity contribution in [1.29, 1.82) is 0 Å². The van der Waals surface area contributed by atoms with E-state index < -0.39 is 11.9 Å². The van der Waals surface area contributed by atoms with Crippen LogP contribution < -0.4 is 10.6 Å². The molecule has 28 heavy (non-hydrogen) atoms. The van der Waals surface area contributed by atoms with Gasteiger partial charge in [0.15, 0.2) is 0 Å².